The van der Waals surface area contributed by atoms with E-state index in [4.69, 9.17) is 16.6 Å². The number of para-hydroxylation sites is 2. The second-order valence-corrected chi connectivity index (χ2v) is 5.98. The predicted molar refractivity (Wildman–Crippen MR) is 95.1 cm³/mol. The van der Waals surface area contributed by atoms with Crippen LogP contribution >= 0.6 is 11.6 Å². The Morgan fingerprint density at radius 1 is 0.609 bits per heavy atom. The molecule has 0 fully saturated rings. The van der Waals surface area contributed by atoms with Crippen molar-refractivity contribution in [2.45, 2.75) is 0 Å². The van der Waals surface area contributed by atoms with Crippen molar-refractivity contribution >= 4 is 56.4 Å². The summed E-state index contributed by atoms with van der Waals surface area (Å²) in [6, 6.07) is 17.7. The molecule has 0 amide bonds. The summed E-state index contributed by atoms with van der Waals surface area (Å²) >= 11 is 6.05. The summed E-state index contributed by atoms with van der Waals surface area (Å²) in [5, 5.41) is 7.54. The summed E-state index contributed by atoms with van der Waals surface area (Å²) in [7, 11) is 0. The Bertz CT molecular complexity index is 1090. The van der Waals surface area contributed by atoms with Gasteiger partial charge in [-0.05, 0) is 42.5 Å². The second-order valence-electron chi connectivity index (χ2n) is 5.54. The lowest BCUT2D eigenvalue weighted by Gasteiger charge is -2.23. The lowest BCUT2D eigenvalue weighted by atomic mass is 10.1. The first kappa shape index (κ1) is 12.7. The third-order valence-corrected chi connectivity index (χ3v) is 4.23. The number of aromatic nitrogens is 2. The minimum Gasteiger partial charge on any atom is -0.352 e. The Morgan fingerprint density at radius 2 is 1.17 bits per heavy atom. The second kappa shape index (κ2) is 4.57. The highest BCUT2D eigenvalue weighted by atomic mass is 35.5. The van der Waals surface area contributed by atoms with Crippen LogP contribution in [0.4, 0.5) is 22.7 Å². The molecule has 0 spiro atoms. The number of fused-ring (bicyclic) bond motifs is 4. The van der Waals surface area contributed by atoms with Crippen molar-refractivity contribution < 1.29 is 0 Å². The monoisotopic (exact) mass is 318 g/mol. The van der Waals surface area contributed by atoms with Gasteiger partial charge in [-0.3, -0.25) is 0 Å². The predicted octanol–water partition coefficient (Wildman–Crippen LogP) is 5.24. The third-order valence-electron chi connectivity index (χ3n) is 4.00. The molecule has 4 nitrogen and oxygen atoms in total. The normalized spacial score (nSPS) is 12.4. The van der Waals surface area contributed by atoms with Gasteiger partial charge < -0.3 is 10.6 Å². The number of hydrogen-bond acceptors (Lipinski definition) is 4. The Kier molecular flexibility index (Phi) is 2.52. The van der Waals surface area contributed by atoms with Gasteiger partial charge in [0.2, 0.25) is 0 Å². The lowest BCUT2D eigenvalue weighted by Crippen LogP contribution is -2.06. The highest BCUT2D eigenvalue weighted by Gasteiger charge is 2.15. The van der Waals surface area contributed by atoms with Gasteiger partial charge in [0.15, 0.2) is 0 Å². The van der Waals surface area contributed by atoms with Gasteiger partial charge in [0.25, 0.3) is 0 Å². The van der Waals surface area contributed by atoms with E-state index in [1.165, 1.54) is 0 Å². The van der Waals surface area contributed by atoms with Crippen LogP contribution in [0.15, 0.2) is 54.6 Å². The van der Waals surface area contributed by atoms with Crippen LogP contribution in [0.1, 0.15) is 0 Å². The first-order valence-electron chi connectivity index (χ1n) is 7.30. The largest absolute Gasteiger partial charge is 0.352 e. The van der Waals surface area contributed by atoms with E-state index in [0.717, 1.165) is 44.8 Å². The van der Waals surface area contributed by atoms with Gasteiger partial charge in [-0.2, -0.15) is 0 Å². The molecular weight excluding hydrogens is 308 g/mol. The van der Waals surface area contributed by atoms with E-state index < -0.39 is 0 Å². The van der Waals surface area contributed by atoms with E-state index in [1.807, 2.05) is 54.6 Å². The first-order valence-corrected chi connectivity index (χ1v) is 7.68. The molecule has 23 heavy (non-hydrogen) atoms. The summed E-state index contributed by atoms with van der Waals surface area (Å²) < 4.78 is 0. The fraction of sp³-hybridized carbons (Fsp3) is 0. The van der Waals surface area contributed by atoms with Crippen molar-refractivity contribution in [1.82, 2.24) is 9.97 Å². The average molecular weight is 319 g/mol. The van der Waals surface area contributed by atoms with Crippen molar-refractivity contribution in [2.24, 2.45) is 0 Å². The van der Waals surface area contributed by atoms with Crippen molar-refractivity contribution in [3.8, 4) is 0 Å². The molecule has 0 radical (unpaired) electrons. The van der Waals surface area contributed by atoms with Gasteiger partial charge in [-0.1, -0.05) is 23.7 Å². The molecule has 4 aromatic rings. The fourth-order valence-corrected chi connectivity index (χ4v) is 3.06. The molecule has 0 bridgehead atoms. The van der Waals surface area contributed by atoms with Crippen LogP contribution < -0.4 is 10.6 Å². The molecule has 5 heteroatoms. The third kappa shape index (κ3) is 1.99. The summed E-state index contributed by atoms with van der Waals surface area (Å²) in [5.41, 5.74) is 7.43. The summed E-state index contributed by atoms with van der Waals surface area (Å²) in [4.78, 5) is 9.38. The molecule has 1 aliphatic rings. The number of anilines is 4. The van der Waals surface area contributed by atoms with Crippen LogP contribution in [0.2, 0.25) is 5.02 Å². The first-order chi connectivity index (χ1) is 11.3. The molecule has 0 aliphatic carbocycles. The molecule has 110 valence electrons. The Balaban J connectivity index is 1.74. The number of nitrogens with one attached hydrogen (secondary N) is 2. The molecular formula is C18H11ClN4. The number of hydrogen-bond donors (Lipinski definition) is 2. The summed E-state index contributed by atoms with van der Waals surface area (Å²) in [5.74, 6) is 0. The maximum Gasteiger partial charge on any atom is 0.0916 e. The van der Waals surface area contributed by atoms with Crippen LogP contribution in [0.5, 0.6) is 0 Å². The smallest absolute Gasteiger partial charge is 0.0916 e. The molecule has 0 saturated heterocycles. The summed E-state index contributed by atoms with van der Waals surface area (Å²) in [6.45, 7) is 0. The highest BCUT2D eigenvalue weighted by molar-refractivity contribution is 6.31. The Labute approximate surface area is 137 Å². The quantitative estimate of drug-likeness (QED) is 0.383. The van der Waals surface area contributed by atoms with E-state index in [2.05, 4.69) is 15.6 Å². The van der Waals surface area contributed by atoms with Gasteiger partial charge in [-0.15, -0.1) is 0 Å². The molecule has 2 heterocycles. The van der Waals surface area contributed by atoms with Gasteiger partial charge in [0.05, 0.1) is 44.8 Å². The Morgan fingerprint density at radius 3 is 1.83 bits per heavy atom. The molecule has 5 rings (SSSR count). The van der Waals surface area contributed by atoms with Gasteiger partial charge in [0, 0.05) is 5.02 Å². The Hall–Kier alpha value is -2.85. The molecule has 1 aromatic heterocycles. The average Bonchev–Trinajstić information content (AvgIpc) is 2.56. The molecule has 0 saturated carbocycles. The standard InChI is InChI=1S/C18H11ClN4/c19-10-5-6-13-14(7-10)23-18-9-16-15(8-17(18)22-13)20-11-3-1-2-4-12(11)21-16/h1-9,20-21H. The zero-order valence-electron chi connectivity index (χ0n) is 12.0. The van der Waals surface area contributed by atoms with Crippen molar-refractivity contribution in [2.75, 3.05) is 10.6 Å². The van der Waals surface area contributed by atoms with E-state index in [0.29, 0.717) is 5.02 Å². The zero-order chi connectivity index (χ0) is 15.4. The van der Waals surface area contributed by atoms with Crippen LogP contribution in [0, 0.1) is 0 Å². The molecule has 1 aliphatic heterocycles. The molecule has 0 unspecified atom stereocenters. The molecule has 3 aromatic carbocycles. The fourth-order valence-electron chi connectivity index (χ4n) is 2.89. The van der Waals surface area contributed by atoms with Crippen LogP contribution in [-0.4, -0.2) is 9.97 Å². The van der Waals surface area contributed by atoms with E-state index in [-0.39, 0.29) is 0 Å². The summed E-state index contributed by atoms with van der Waals surface area (Å²) in [6.07, 6.45) is 0. The van der Waals surface area contributed by atoms with E-state index in [9.17, 15) is 0 Å². The van der Waals surface area contributed by atoms with Gasteiger partial charge in [-0.25, -0.2) is 9.97 Å². The van der Waals surface area contributed by atoms with Crippen LogP contribution in [0.25, 0.3) is 22.1 Å². The van der Waals surface area contributed by atoms with Crippen molar-refractivity contribution in [1.29, 1.82) is 0 Å². The maximum absolute atomic E-state index is 6.05. The topological polar surface area (TPSA) is 49.8 Å². The molecule has 0 atom stereocenters. The number of rotatable bonds is 0. The lowest BCUT2D eigenvalue weighted by molar-refractivity contribution is 1.38. The van der Waals surface area contributed by atoms with E-state index in [1.54, 1.807) is 0 Å². The van der Waals surface area contributed by atoms with Crippen LogP contribution in [-0.2, 0) is 0 Å². The van der Waals surface area contributed by atoms with Crippen molar-refractivity contribution in [3.63, 3.8) is 0 Å². The minimum atomic E-state index is 0.665. The number of halogens is 1. The maximum atomic E-state index is 6.05. The zero-order valence-corrected chi connectivity index (χ0v) is 12.7. The van der Waals surface area contributed by atoms with Gasteiger partial charge >= 0.3 is 0 Å². The number of nitrogens with zero attached hydrogens (tertiary/aromatic N) is 2. The SMILES string of the molecule is Clc1ccc2nc3cc4c(cc3nc2c1)Nc1ccccc1N4. The van der Waals surface area contributed by atoms with E-state index >= 15 is 0 Å². The minimum absolute atomic E-state index is 0.665. The molecule has 2 N–H and O–H groups in total. The van der Waals surface area contributed by atoms with Crippen molar-refractivity contribution in [3.05, 3.63) is 59.6 Å². The highest BCUT2D eigenvalue weighted by Crippen LogP contribution is 2.39. The van der Waals surface area contributed by atoms with Crippen LogP contribution in [0.3, 0.4) is 0 Å². The van der Waals surface area contributed by atoms with Gasteiger partial charge in [0.1, 0.15) is 0 Å². The number of benzene rings is 3.